The van der Waals surface area contributed by atoms with E-state index in [1.807, 2.05) is 0 Å². The number of alkyl halides is 4. The van der Waals surface area contributed by atoms with Crippen LogP contribution in [0.15, 0.2) is 0 Å². The molecule has 0 heterocycles. The van der Waals surface area contributed by atoms with Gasteiger partial charge in [0.2, 0.25) is 0 Å². The minimum absolute atomic E-state index is 0.310. The molecule has 0 fully saturated rings. The lowest BCUT2D eigenvalue weighted by Gasteiger charge is -2.05. The van der Waals surface area contributed by atoms with Gasteiger partial charge in [-0.2, -0.15) is 21.6 Å². The summed E-state index contributed by atoms with van der Waals surface area (Å²) in [5, 5.41) is 0. The van der Waals surface area contributed by atoms with Crippen molar-refractivity contribution in [2.45, 2.75) is 5.51 Å². The van der Waals surface area contributed by atoms with Gasteiger partial charge in [-0.25, -0.2) is 0 Å². The number of hydrogen-bond acceptors (Lipinski definition) is 3. The molecule has 0 N–H and O–H groups in total. The van der Waals surface area contributed by atoms with Crippen molar-refractivity contribution in [1.82, 2.24) is 0 Å². The lowest BCUT2D eigenvalue weighted by molar-refractivity contribution is -0.0538. The quantitative estimate of drug-likeness (QED) is 0.400. The van der Waals surface area contributed by atoms with Crippen molar-refractivity contribution in [3.05, 3.63) is 0 Å². The highest BCUT2D eigenvalue weighted by atomic mass is 35.5. The summed E-state index contributed by atoms with van der Waals surface area (Å²) in [6, 6.07) is 0. The maximum atomic E-state index is 11.4. The first-order valence-electron chi connectivity index (χ1n) is 2.33. The fourth-order valence-corrected chi connectivity index (χ4v) is 0.813. The Balaban J connectivity index is 4.26. The zero-order valence-electron chi connectivity index (χ0n) is 5.06. The molecular formula is C3H4ClF3O3S. The second-order valence-corrected chi connectivity index (χ2v) is 3.40. The number of hydrogen-bond donors (Lipinski definition) is 0. The van der Waals surface area contributed by atoms with Crippen LogP contribution >= 0.6 is 11.6 Å². The van der Waals surface area contributed by atoms with Gasteiger partial charge in [0.25, 0.3) is 0 Å². The third-order valence-corrected chi connectivity index (χ3v) is 1.80. The molecule has 0 bridgehead atoms. The zero-order chi connectivity index (χ0) is 9.12. The monoisotopic (exact) mass is 212 g/mol. The fourth-order valence-electron chi connectivity index (χ4n) is 0.208. The van der Waals surface area contributed by atoms with E-state index >= 15 is 0 Å². The van der Waals surface area contributed by atoms with Gasteiger partial charge in [0.1, 0.15) is 0 Å². The van der Waals surface area contributed by atoms with Gasteiger partial charge >= 0.3 is 15.6 Å². The molecule has 0 amide bonds. The van der Waals surface area contributed by atoms with Gasteiger partial charge in [-0.15, -0.1) is 11.6 Å². The first-order chi connectivity index (χ1) is 4.81. The Kier molecular flexibility index (Phi) is 3.59. The minimum Gasteiger partial charge on any atom is -0.262 e. The zero-order valence-corrected chi connectivity index (χ0v) is 6.63. The Labute approximate surface area is 66.2 Å². The van der Waals surface area contributed by atoms with E-state index in [0.717, 1.165) is 0 Å². The summed E-state index contributed by atoms with van der Waals surface area (Å²) < 4.78 is 57.7. The molecule has 0 radical (unpaired) electrons. The van der Waals surface area contributed by atoms with Crippen LogP contribution < -0.4 is 0 Å². The SMILES string of the molecule is O=S(=O)(OCCCl)C(F)(F)F. The first kappa shape index (κ1) is 11.0. The summed E-state index contributed by atoms with van der Waals surface area (Å²) >= 11 is 4.90. The van der Waals surface area contributed by atoms with Crippen LogP contribution in [0.4, 0.5) is 13.2 Å². The molecule has 8 heteroatoms. The smallest absolute Gasteiger partial charge is 0.262 e. The van der Waals surface area contributed by atoms with E-state index in [2.05, 4.69) is 4.18 Å². The number of halogens is 4. The van der Waals surface area contributed by atoms with E-state index in [4.69, 9.17) is 11.6 Å². The summed E-state index contributed by atoms with van der Waals surface area (Å²) in [5.74, 6) is -0.310. The molecule has 0 aromatic heterocycles. The maximum absolute atomic E-state index is 11.4. The fraction of sp³-hybridized carbons (Fsp3) is 1.00. The van der Waals surface area contributed by atoms with Crippen molar-refractivity contribution in [2.24, 2.45) is 0 Å². The van der Waals surface area contributed by atoms with Gasteiger partial charge in [-0.05, 0) is 0 Å². The summed E-state index contributed by atoms with van der Waals surface area (Å²) in [7, 11) is -5.44. The van der Waals surface area contributed by atoms with Crippen LogP contribution in [0.1, 0.15) is 0 Å². The average Bonchev–Trinajstić information content (AvgIpc) is 1.81. The molecule has 3 nitrogen and oxygen atoms in total. The summed E-state index contributed by atoms with van der Waals surface area (Å²) in [6.45, 7) is -0.677. The maximum Gasteiger partial charge on any atom is 0.523 e. The average molecular weight is 213 g/mol. The molecule has 68 valence electrons. The van der Waals surface area contributed by atoms with Crippen molar-refractivity contribution in [3.63, 3.8) is 0 Å². The van der Waals surface area contributed by atoms with Gasteiger partial charge in [-0.3, -0.25) is 4.18 Å². The van der Waals surface area contributed by atoms with Crippen molar-refractivity contribution in [2.75, 3.05) is 12.5 Å². The van der Waals surface area contributed by atoms with E-state index in [0.29, 0.717) is 0 Å². The third-order valence-electron chi connectivity index (χ3n) is 0.599. The van der Waals surface area contributed by atoms with Gasteiger partial charge in [0, 0.05) is 5.88 Å². The molecule has 11 heavy (non-hydrogen) atoms. The molecule has 0 saturated carbocycles. The predicted octanol–water partition coefficient (Wildman–Crippen LogP) is 1.09. The lowest BCUT2D eigenvalue weighted by Crippen LogP contribution is -2.26. The van der Waals surface area contributed by atoms with Crippen molar-refractivity contribution in [3.8, 4) is 0 Å². The predicted molar refractivity (Wildman–Crippen MR) is 31.6 cm³/mol. The highest BCUT2D eigenvalue weighted by Gasteiger charge is 2.47. The topological polar surface area (TPSA) is 43.4 Å². The van der Waals surface area contributed by atoms with Crippen LogP contribution in [0, 0.1) is 0 Å². The standard InChI is InChI=1S/C3H4ClF3O3S/c4-1-2-10-11(8,9)3(5,6)7/h1-2H2. The van der Waals surface area contributed by atoms with Crippen molar-refractivity contribution < 1.29 is 25.8 Å². The van der Waals surface area contributed by atoms with Crippen LogP contribution in [0.5, 0.6) is 0 Å². The Morgan fingerprint density at radius 2 is 1.82 bits per heavy atom. The van der Waals surface area contributed by atoms with Gasteiger partial charge in [-0.1, -0.05) is 0 Å². The van der Waals surface area contributed by atoms with E-state index in [1.54, 1.807) is 0 Å². The minimum atomic E-state index is -5.44. The molecule has 0 aromatic rings. The first-order valence-corrected chi connectivity index (χ1v) is 4.27. The molecule has 0 rings (SSSR count). The lowest BCUT2D eigenvalue weighted by atomic mass is 10.9. The van der Waals surface area contributed by atoms with Crippen LogP contribution in [0.3, 0.4) is 0 Å². The second-order valence-electron chi connectivity index (χ2n) is 1.41. The van der Waals surface area contributed by atoms with E-state index in [-0.39, 0.29) is 5.88 Å². The Morgan fingerprint density at radius 1 is 1.36 bits per heavy atom. The molecule has 0 spiro atoms. The van der Waals surface area contributed by atoms with Gasteiger partial charge in [0.05, 0.1) is 6.61 Å². The van der Waals surface area contributed by atoms with Crippen LogP contribution in [-0.2, 0) is 14.3 Å². The molecular weight excluding hydrogens is 209 g/mol. The van der Waals surface area contributed by atoms with Crippen molar-refractivity contribution >= 4 is 21.7 Å². The molecule has 0 aliphatic rings. The molecule has 0 unspecified atom stereocenters. The largest absolute Gasteiger partial charge is 0.523 e. The van der Waals surface area contributed by atoms with E-state index in [9.17, 15) is 21.6 Å². The molecule has 0 atom stereocenters. The van der Waals surface area contributed by atoms with E-state index in [1.165, 1.54) is 0 Å². The Bertz CT molecular complexity index is 208. The van der Waals surface area contributed by atoms with Crippen LogP contribution in [0.25, 0.3) is 0 Å². The normalized spacial score (nSPS) is 13.5. The molecule has 0 saturated heterocycles. The molecule has 0 aliphatic carbocycles. The van der Waals surface area contributed by atoms with E-state index < -0.39 is 22.2 Å². The van der Waals surface area contributed by atoms with Crippen LogP contribution in [-0.4, -0.2) is 26.4 Å². The third kappa shape index (κ3) is 3.26. The summed E-state index contributed by atoms with van der Waals surface area (Å²) in [4.78, 5) is 0. The molecule has 0 aliphatic heterocycles. The Morgan fingerprint density at radius 3 is 2.09 bits per heavy atom. The molecule has 0 aromatic carbocycles. The van der Waals surface area contributed by atoms with Crippen molar-refractivity contribution in [1.29, 1.82) is 0 Å². The highest BCUT2D eigenvalue weighted by Crippen LogP contribution is 2.24. The second kappa shape index (κ2) is 3.59. The van der Waals surface area contributed by atoms with Crippen LogP contribution in [0.2, 0.25) is 0 Å². The summed E-state index contributed by atoms with van der Waals surface area (Å²) in [6.07, 6.45) is 0. The highest BCUT2D eigenvalue weighted by molar-refractivity contribution is 7.87. The van der Waals surface area contributed by atoms with Gasteiger partial charge < -0.3 is 0 Å². The Hall–Kier alpha value is -0.0100. The number of rotatable bonds is 3. The summed E-state index contributed by atoms with van der Waals surface area (Å²) in [5.41, 5.74) is -5.36. The van der Waals surface area contributed by atoms with Gasteiger partial charge in [0.15, 0.2) is 0 Å².